The standard InChI is InChI=1S/C13H14N2O/c1-3-11(16)7-8-12-10(2)14-13-6-4-5-9-15(12)13/h4-9H,3H2,1-2H3/b8-7+. The average molecular weight is 214 g/mol. The van der Waals surface area contributed by atoms with Gasteiger partial charge in [-0.3, -0.25) is 4.79 Å². The molecule has 2 aromatic rings. The Kier molecular flexibility index (Phi) is 2.86. The Labute approximate surface area is 94.4 Å². The van der Waals surface area contributed by atoms with Crippen LogP contribution in [0.2, 0.25) is 0 Å². The molecule has 0 saturated carbocycles. The fraction of sp³-hybridized carbons (Fsp3) is 0.231. The van der Waals surface area contributed by atoms with Crippen molar-refractivity contribution in [3.63, 3.8) is 0 Å². The molecule has 0 fully saturated rings. The van der Waals surface area contributed by atoms with Crippen molar-refractivity contribution in [1.29, 1.82) is 0 Å². The molecule has 0 N–H and O–H groups in total. The second-order valence-corrected chi connectivity index (χ2v) is 3.66. The number of rotatable bonds is 3. The van der Waals surface area contributed by atoms with Gasteiger partial charge in [-0.2, -0.15) is 0 Å². The summed E-state index contributed by atoms with van der Waals surface area (Å²) < 4.78 is 1.98. The van der Waals surface area contributed by atoms with Crippen LogP contribution in [-0.2, 0) is 4.79 Å². The normalized spacial score (nSPS) is 11.4. The van der Waals surface area contributed by atoms with Crippen molar-refractivity contribution in [2.75, 3.05) is 0 Å². The number of carbonyl (C=O) groups excluding carboxylic acids is 1. The van der Waals surface area contributed by atoms with Gasteiger partial charge in [0.1, 0.15) is 5.65 Å². The Morgan fingerprint density at radius 2 is 2.31 bits per heavy atom. The fourth-order valence-electron chi connectivity index (χ4n) is 1.62. The number of ketones is 1. The number of fused-ring (bicyclic) bond motifs is 1. The minimum atomic E-state index is 0.130. The molecule has 3 heteroatoms. The summed E-state index contributed by atoms with van der Waals surface area (Å²) in [7, 11) is 0. The molecule has 0 bridgehead atoms. The minimum absolute atomic E-state index is 0.130. The Bertz CT molecular complexity index is 552. The molecule has 2 heterocycles. The van der Waals surface area contributed by atoms with E-state index in [9.17, 15) is 4.79 Å². The van der Waals surface area contributed by atoms with Crippen LogP contribution in [0.5, 0.6) is 0 Å². The van der Waals surface area contributed by atoms with Crippen LogP contribution in [0, 0.1) is 6.92 Å². The first-order valence-corrected chi connectivity index (χ1v) is 5.37. The van der Waals surface area contributed by atoms with Crippen LogP contribution in [0.4, 0.5) is 0 Å². The number of aromatic nitrogens is 2. The maximum atomic E-state index is 11.2. The molecule has 0 aliphatic rings. The highest BCUT2D eigenvalue weighted by molar-refractivity contribution is 5.93. The van der Waals surface area contributed by atoms with Crippen molar-refractivity contribution in [1.82, 2.24) is 9.38 Å². The smallest absolute Gasteiger partial charge is 0.155 e. The van der Waals surface area contributed by atoms with E-state index in [0.29, 0.717) is 6.42 Å². The summed E-state index contributed by atoms with van der Waals surface area (Å²) in [5.74, 6) is 0.130. The van der Waals surface area contributed by atoms with E-state index in [1.54, 1.807) is 6.08 Å². The van der Waals surface area contributed by atoms with Gasteiger partial charge in [0.25, 0.3) is 0 Å². The van der Waals surface area contributed by atoms with Crippen LogP contribution >= 0.6 is 0 Å². The van der Waals surface area contributed by atoms with E-state index < -0.39 is 0 Å². The predicted octanol–water partition coefficient (Wildman–Crippen LogP) is 2.64. The number of imidazole rings is 1. The summed E-state index contributed by atoms with van der Waals surface area (Å²) in [5.41, 5.74) is 2.81. The molecule has 0 radical (unpaired) electrons. The number of aryl methyl sites for hydroxylation is 1. The quantitative estimate of drug-likeness (QED) is 0.736. The summed E-state index contributed by atoms with van der Waals surface area (Å²) in [6.07, 6.45) is 5.93. The van der Waals surface area contributed by atoms with Crippen LogP contribution in [0.1, 0.15) is 24.7 Å². The summed E-state index contributed by atoms with van der Waals surface area (Å²) in [6, 6.07) is 5.85. The van der Waals surface area contributed by atoms with Crippen LogP contribution < -0.4 is 0 Å². The van der Waals surface area contributed by atoms with Crippen molar-refractivity contribution < 1.29 is 4.79 Å². The molecule has 0 spiro atoms. The van der Waals surface area contributed by atoms with Gasteiger partial charge in [0, 0.05) is 12.6 Å². The molecule has 0 unspecified atom stereocenters. The third-order valence-corrected chi connectivity index (χ3v) is 2.53. The van der Waals surface area contributed by atoms with E-state index in [4.69, 9.17) is 0 Å². The van der Waals surface area contributed by atoms with Gasteiger partial charge in [0.05, 0.1) is 11.4 Å². The number of allylic oxidation sites excluding steroid dienone is 1. The van der Waals surface area contributed by atoms with E-state index in [2.05, 4.69) is 4.98 Å². The summed E-state index contributed by atoms with van der Waals surface area (Å²) in [5, 5.41) is 0. The van der Waals surface area contributed by atoms with Gasteiger partial charge in [0.2, 0.25) is 0 Å². The molecule has 3 nitrogen and oxygen atoms in total. The van der Waals surface area contributed by atoms with Gasteiger partial charge in [0.15, 0.2) is 5.78 Å². The highest BCUT2D eigenvalue weighted by Gasteiger charge is 2.04. The molecule has 0 aliphatic carbocycles. The van der Waals surface area contributed by atoms with Crippen molar-refractivity contribution in [2.45, 2.75) is 20.3 Å². The lowest BCUT2D eigenvalue weighted by molar-refractivity contribution is -0.114. The Morgan fingerprint density at radius 1 is 1.50 bits per heavy atom. The molecule has 0 atom stereocenters. The molecule has 82 valence electrons. The number of carbonyl (C=O) groups is 1. The van der Waals surface area contributed by atoms with Crippen molar-refractivity contribution in [3.05, 3.63) is 41.9 Å². The fourth-order valence-corrected chi connectivity index (χ4v) is 1.62. The van der Waals surface area contributed by atoms with Gasteiger partial charge in [-0.25, -0.2) is 4.98 Å². The van der Waals surface area contributed by atoms with Crippen molar-refractivity contribution in [3.8, 4) is 0 Å². The number of hydrogen-bond donors (Lipinski definition) is 0. The SMILES string of the molecule is CCC(=O)/C=C/c1c(C)nc2ccccn12. The van der Waals surface area contributed by atoms with Crippen molar-refractivity contribution >= 4 is 17.5 Å². The monoisotopic (exact) mass is 214 g/mol. The lowest BCUT2D eigenvalue weighted by Crippen LogP contribution is -1.90. The van der Waals surface area contributed by atoms with Gasteiger partial charge in [-0.15, -0.1) is 0 Å². The number of hydrogen-bond acceptors (Lipinski definition) is 2. The molecular formula is C13H14N2O. The lowest BCUT2D eigenvalue weighted by atomic mass is 10.2. The zero-order valence-corrected chi connectivity index (χ0v) is 9.47. The highest BCUT2D eigenvalue weighted by Crippen LogP contribution is 2.13. The molecular weight excluding hydrogens is 200 g/mol. The van der Waals surface area contributed by atoms with E-state index in [-0.39, 0.29) is 5.78 Å². The van der Waals surface area contributed by atoms with Crippen molar-refractivity contribution in [2.24, 2.45) is 0 Å². The summed E-state index contributed by atoms with van der Waals surface area (Å²) >= 11 is 0. The first-order valence-electron chi connectivity index (χ1n) is 5.37. The third kappa shape index (κ3) is 1.89. The van der Waals surface area contributed by atoms with Gasteiger partial charge in [-0.05, 0) is 31.2 Å². The number of nitrogens with zero attached hydrogens (tertiary/aromatic N) is 2. The van der Waals surface area contributed by atoms with Gasteiger partial charge in [-0.1, -0.05) is 13.0 Å². The molecule has 2 aromatic heterocycles. The maximum absolute atomic E-state index is 11.2. The second kappa shape index (κ2) is 4.31. The number of pyridine rings is 1. The van der Waals surface area contributed by atoms with Gasteiger partial charge >= 0.3 is 0 Å². The second-order valence-electron chi connectivity index (χ2n) is 3.66. The molecule has 2 rings (SSSR count). The Balaban J connectivity index is 2.47. The van der Waals surface area contributed by atoms with E-state index in [1.807, 2.05) is 48.7 Å². The summed E-state index contributed by atoms with van der Waals surface area (Å²) in [6.45, 7) is 3.80. The molecule has 0 amide bonds. The first-order chi connectivity index (χ1) is 7.72. The van der Waals surface area contributed by atoms with E-state index >= 15 is 0 Å². The zero-order chi connectivity index (χ0) is 11.5. The van der Waals surface area contributed by atoms with E-state index in [0.717, 1.165) is 17.0 Å². The Hall–Kier alpha value is -1.90. The predicted molar refractivity (Wildman–Crippen MR) is 64.3 cm³/mol. The molecule has 0 saturated heterocycles. The van der Waals surface area contributed by atoms with Crippen LogP contribution in [0.15, 0.2) is 30.5 Å². The minimum Gasteiger partial charge on any atom is -0.300 e. The van der Waals surface area contributed by atoms with Gasteiger partial charge < -0.3 is 4.40 Å². The topological polar surface area (TPSA) is 34.4 Å². The first kappa shape index (κ1) is 10.6. The largest absolute Gasteiger partial charge is 0.300 e. The maximum Gasteiger partial charge on any atom is 0.155 e. The van der Waals surface area contributed by atoms with Crippen LogP contribution in [0.25, 0.3) is 11.7 Å². The average Bonchev–Trinajstić information content (AvgIpc) is 2.62. The third-order valence-electron chi connectivity index (χ3n) is 2.53. The molecule has 0 aromatic carbocycles. The van der Waals surface area contributed by atoms with Crippen LogP contribution in [0.3, 0.4) is 0 Å². The van der Waals surface area contributed by atoms with E-state index in [1.165, 1.54) is 0 Å². The zero-order valence-electron chi connectivity index (χ0n) is 9.47. The van der Waals surface area contributed by atoms with Crippen LogP contribution in [-0.4, -0.2) is 15.2 Å². The Morgan fingerprint density at radius 3 is 3.06 bits per heavy atom. The lowest BCUT2D eigenvalue weighted by Gasteiger charge is -1.95. The molecule has 0 aliphatic heterocycles. The summed E-state index contributed by atoms with van der Waals surface area (Å²) in [4.78, 5) is 15.7. The molecule has 16 heavy (non-hydrogen) atoms. The highest BCUT2D eigenvalue weighted by atomic mass is 16.1.